The summed E-state index contributed by atoms with van der Waals surface area (Å²) in [7, 11) is 0. The molecule has 1 aromatic carbocycles. The fourth-order valence-corrected chi connectivity index (χ4v) is 3.33. The minimum absolute atomic E-state index is 0.345. The summed E-state index contributed by atoms with van der Waals surface area (Å²) in [6.45, 7) is 10.1. The first-order chi connectivity index (χ1) is 12.6. The zero-order valence-corrected chi connectivity index (χ0v) is 15.5. The number of aromatic amines is 1. The van der Waals surface area contributed by atoms with E-state index in [2.05, 4.69) is 47.8 Å². The van der Waals surface area contributed by atoms with Crippen LogP contribution in [0.1, 0.15) is 31.5 Å². The highest BCUT2D eigenvalue weighted by atomic mass is 16.5. The van der Waals surface area contributed by atoms with E-state index in [-0.39, 0.29) is 5.97 Å². The Kier molecular flexibility index (Phi) is 5.61. The smallest absolute Gasteiger partial charge is 0.339 e. The van der Waals surface area contributed by atoms with Crippen molar-refractivity contribution in [2.75, 3.05) is 19.7 Å². The lowest BCUT2D eigenvalue weighted by Crippen LogP contribution is -2.23. The zero-order valence-electron chi connectivity index (χ0n) is 15.5. The second-order valence-electron chi connectivity index (χ2n) is 6.43. The van der Waals surface area contributed by atoms with Gasteiger partial charge in [-0.25, -0.2) is 4.79 Å². The van der Waals surface area contributed by atoms with Crippen LogP contribution >= 0.6 is 0 Å². The molecule has 4 nitrogen and oxygen atoms in total. The van der Waals surface area contributed by atoms with E-state index >= 15 is 0 Å². The minimum atomic E-state index is -0.366. The van der Waals surface area contributed by atoms with Crippen molar-refractivity contribution in [1.29, 1.82) is 0 Å². The average molecular weight is 350 g/mol. The number of carbonyl (C=O) groups is 1. The maximum absolute atomic E-state index is 12.2. The molecule has 0 fully saturated rings. The Morgan fingerprint density at radius 1 is 1.31 bits per heavy atom. The van der Waals surface area contributed by atoms with E-state index in [9.17, 15) is 4.79 Å². The molecule has 136 valence electrons. The minimum Gasteiger partial charge on any atom is -0.462 e. The molecule has 2 aromatic rings. The molecule has 4 heteroatoms. The van der Waals surface area contributed by atoms with Gasteiger partial charge in [-0.15, -0.1) is 0 Å². The fourth-order valence-electron chi connectivity index (χ4n) is 3.33. The quantitative estimate of drug-likeness (QED) is 0.593. The Bertz CT molecular complexity index is 873. The van der Waals surface area contributed by atoms with Crippen molar-refractivity contribution in [1.82, 2.24) is 9.88 Å². The Hall–Kier alpha value is -2.75. The van der Waals surface area contributed by atoms with Gasteiger partial charge in [0.05, 0.1) is 17.9 Å². The van der Waals surface area contributed by atoms with Gasteiger partial charge in [-0.05, 0) is 37.0 Å². The summed E-state index contributed by atoms with van der Waals surface area (Å²) in [5.41, 5.74) is 4.66. The average Bonchev–Trinajstić information content (AvgIpc) is 3.04. The molecule has 1 aliphatic rings. The highest BCUT2D eigenvalue weighted by Gasteiger charge is 2.19. The normalized spacial score (nSPS) is 13.8. The second kappa shape index (κ2) is 8.09. The maximum atomic E-state index is 12.2. The first-order valence-corrected chi connectivity index (χ1v) is 9.21. The molecule has 0 saturated carbocycles. The third-order valence-corrected chi connectivity index (χ3v) is 4.71. The monoisotopic (exact) mass is 350 g/mol. The highest BCUT2D eigenvalue weighted by Crippen LogP contribution is 2.28. The molecule has 0 amide bonds. The summed E-state index contributed by atoms with van der Waals surface area (Å²) in [6.07, 6.45) is 8.49. The second-order valence-corrected chi connectivity index (χ2v) is 6.43. The Morgan fingerprint density at radius 3 is 2.88 bits per heavy atom. The summed E-state index contributed by atoms with van der Waals surface area (Å²) < 4.78 is 5.14. The number of nitrogens with one attached hydrogen (secondary N) is 1. The Balaban J connectivity index is 1.87. The van der Waals surface area contributed by atoms with Crippen molar-refractivity contribution in [2.45, 2.75) is 26.7 Å². The lowest BCUT2D eigenvalue weighted by molar-refractivity contribution is -0.136. The van der Waals surface area contributed by atoms with Crippen LogP contribution in [0.15, 0.2) is 54.8 Å². The summed E-state index contributed by atoms with van der Waals surface area (Å²) in [5.74, 6) is -0.366. The van der Waals surface area contributed by atoms with E-state index in [1.54, 1.807) is 6.92 Å². The van der Waals surface area contributed by atoms with Crippen LogP contribution < -0.4 is 0 Å². The third-order valence-electron chi connectivity index (χ3n) is 4.71. The first kappa shape index (κ1) is 18.1. The molecule has 26 heavy (non-hydrogen) atoms. The Morgan fingerprint density at radius 2 is 2.12 bits per heavy atom. The fraction of sp³-hybridized carbons (Fsp3) is 0.318. The predicted molar refractivity (Wildman–Crippen MR) is 107 cm³/mol. The molecule has 0 spiro atoms. The van der Waals surface area contributed by atoms with Gasteiger partial charge in [0.15, 0.2) is 0 Å². The lowest BCUT2D eigenvalue weighted by Gasteiger charge is -2.23. The number of aromatic nitrogens is 1. The van der Waals surface area contributed by atoms with Crippen LogP contribution in [0, 0.1) is 0 Å². The molecule has 1 aliphatic heterocycles. The molecule has 2 heterocycles. The SMILES string of the molecule is C=C(C(=O)OCC)c1[nH]c2ccccc2c1CCN1C=C(CC)C=CC1. The number of para-hydroxylation sites is 1. The molecule has 0 bridgehead atoms. The van der Waals surface area contributed by atoms with Gasteiger partial charge in [0, 0.05) is 30.2 Å². The van der Waals surface area contributed by atoms with E-state index in [0.717, 1.165) is 48.1 Å². The maximum Gasteiger partial charge on any atom is 0.339 e. The molecule has 0 atom stereocenters. The molecule has 0 unspecified atom stereocenters. The van der Waals surface area contributed by atoms with Crippen molar-refractivity contribution in [3.63, 3.8) is 0 Å². The van der Waals surface area contributed by atoms with Crippen molar-refractivity contribution in [3.8, 4) is 0 Å². The van der Waals surface area contributed by atoms with Gasteiger partial charge in [0.1, 0.15) is 0 Å². The molecule has 1 N–H and O–H groups in total. The van der Waals surface area contributed by atoms with Crippen LogP contribution in [-0.2, 0) is 16.0 Å². The van der Waals surface area contributed by atoms with E-state index in [4.69, 9.17) is 4.74 Å². The van der Waals surface area contributed by atoms with Crippen LogP contribution in [-0.4, -0.2) is 35.5 Å². The number of hydrogen-bond donors (Lipinski definition) is 1. The van der Waals surface area contributed by atoms with Gasteiger partial charge in [0.25, 0.3) is 0 Å². The van der Waals surface area contributed by atoms with Crippen molar-refractivity contribution in [3.05, 3.63) is 66.0 Å². The number of esters is 1. The van der Waals surface area contributed by atoms with Crippen LogP contribution in [0.4, 0.5) is 0 Å². The summed E-state index contributed by atoms with van der Waals surface area (Å²) in [4.78, 5) is 17.9. The molecule has 0 saturated heterocycles. The first-order valence-electron chi connectivity index (χ1n) is 9.21. The summed E-state index contributed by atoms with van der Waals surface area (Å²) in [6, 6.07) is 8.13. The molecule has 0 aliphatic carbocycles. The molecule has 3 rings (SSSR count). The van der Waals surface area contributed by atoms with E-state index in [0.29, 0.717) is 12.2 Å². The molecule has 0 radical (unpaired) electrons. The van der Waals surface area contributed by atoms with Gasteiger partial charge in [-0.2, -0.15) is 0 Å². The number of rotatable bonds is 7. The van der Waals surface area contributed by atoms with Gasteiger partial charge in [-0.1, -0.05) is 43.9 Å². The van der Waals surface area contributed by atoms with Crippen LogP contribution in [0.5, 0.6) is 0 Å². The van der Waals surface area contributed by atoms with Crippen LogP contribution in [0.2, 0.25) is 0 Å². The number of ether oxygens (including phenoxy) is 1. The van der Waals surface area contributed by atoms with E-state index < -0.39 is 0 Å². The van der Waals surface area contributed by atoms with Crippen LogP contribution in [0.3, 0.4) is 0 Å². The summed E-state index contributed by atoms with van der Waals surface area (Å²) >= 11 is 0. The largest absolute Gasteiger partial charge is 0.462 e. The number of carbonyl (C=O) groups excluding carboxylic acids is 1. The van der Waals surface area contributed by atoms with E-state index in [1.807, 2.05) is 18.2 Å². The van der Waals surface area contributed by atoms with Gasteiger partial charge >= 0.3 is 5.97 Å². The third kappa shape index (κ3) is 3.74. The number of allylic oxidation sites excluding steroid dienone is 2. The van der Waals surface area contributed by atoms with Crippen LogP contribution in [0.25, 0.3) is 16.5 Å². The van der Waals surface area contributed by atoms with Crippen molar-refractivity contribution >= 4 is 22.4 Å². The molecule has 1 aromatic heterocycles. The standard InChI is InChI=1S/C22H26N2O2/c1-4-17-9-8-13-24(15-17)14-12-19-18-10-6-7-11-20(18)23-21(19)16(3)22(25)26-5-2/h6-11,15,23H,3-5,12-14H2,1-2H3. The summed E-state index contributed by atoms with van der Waals surface area (Å²) in [5, 5.41) is 1.14. The van der Waals surface area contributed by atoms with E-state index in [1.165, 1.54) is 5.57 Å². The number of nitrogens with zero attached hydrogens (tertiary/aromatic N) is 1. The van der Waals surface area contributed by atoms with Crippen molar-refractivity contribution < 1.29 is 9.53 Å². The zero-order chi connectivity index (χ0) is 18.5. The molecular weight excluding hydrogens is 324 g/mol. The van der Waals surface area contributed by atoms with Gasteiger partial charge in [0.2, 0.25) is 0 Å². The predicted octanol–water partition coefficient (Wildman–Crippen LogP) is 4.45. The number of hydrogen-bond acceptors (Lipinski definition) is 3. The number of H-pyrrole nitrogens is 1. The number of fused-ring (bicyclic) bond motifs is 1. The Labute approximate surface area is 154 Å². The number of benzene rings is 1. The molecular formula is C22H26N2O2. The van der Waals surface area contributed by atoms with Gasteiger partial charge < -0.3 is 14.6 Å². The van der Waals surface area contributed by atoms with Crippen molar-refractivity contribution in [2.24, 2.45) is 0 Å². The van der Waals surface area contributed by atoms with Gasteiger partial charge in [-0.3, -0.25) is 0 Å². The topological polar surface area (TPSA) is 45.3 Å². The highest BCUT2D eigenvalue weighted by molar-refractivity contribution is 6.16. The lowest BCUT2D eigenvalue weighted by atomic mass is 10.0.